The van der Waals surface area contributed by atoms with Crippen LogP contribution >= 0.6 is 0 Å². The van der Waals surface area contributed by atoms with E-state index in [1.807, 2.05) is 12.1 Å². The highest BCUT2D eigenvalue weighted by Crippen LogP contribution is 2.38. The fourth-order valence-corrected chi connectivity index (χ4v) is 7.17. The number of piperidine rings is 2. The Labute approximate surface area is 222 Å². The quantitative estimate of drug-likeness (QED) is 0.598. The van der Waals surface area contributed by atoms with Crippen molar-refractivity contribution in [3.63, 3.8) is 0 Å². The highest BCUT2D eigenvalue weighted by molar-refractivity contribution is 7.89. The van der Waals surface area contributed by atoms with Gasteiger partial charge in [0.1, 0.15) is 11.9 Å². The predicted octanol–water partition coefficient (Wildman–Crippen LogP) is 3.45. The first kappa shape index (κ1) is 26.5. The Morgan fingerprint density at radius 3 is 2.24 bits per heavy atom. The standard InChI is InChI=1S/C28H32FN3O5S/c1-28(2,3)18-4-6-20(7-5-18)38(36,37)31-12-10-17(11-13-31)21-14-19(29)15-22-23(21)16-32(27(22)35)24-8-9-25(33)30-26(24)34/h4-7,14-15,17,24H,8-13,16H2,1-3H3,(H,30,33,34). The molecule has 1 unspecified atom stereocenters. The highest BCUT2D eigenvalue weighted by atomic mass is 32.2. The lowest BCUT2D eigenvalue weighted by molar-refractivity contribution is -0.136. The summed E-state index contributed by atoms with van der Waals surface area (Å²) in [5, 5.41) is 2.28. The summed E-state index contributed by atoms with van der Waals surface area (Å²) in [5.41, 5.74) is 2.57. The summed E-state index contributed by atoms with van der Waals surface area (Å²) in [4.78, 5) is 38.8. The Balaban J connectivity index is 1.33. The fraction of sp³-hybridized carbons (Fsp3) is 0.464. The van der Waals surface area contributed by atoms with Crippen molar-refractivity contribution < 1.29 is 27.2 Å². The topological polar surface area (TPSA) is 104 Å². The molecule has 1 atom stereocenters. The van der Waals surface area contributed by atoms with Crippen LogP contribution in [0.4, 0.5) is 4.39 Å². The molecule has 2 saturated heterocycles. The number of carbonyl (C=O) groups is 3. The number of imide groups is 1. The van der Waals surface area contributed by atoms with E-state index in [-0.39, 0.29) is 60.2 Å². The summed E-state index contributed by atoms with van der Waals surface area (Å²) in [6.45, 7) is 6.94. The van der Waals surface area contributed by atoms with Gasteiger partial charge in [-0.3, -0.25) is 19.7 Å². The number of carbonyl (C=O) groups excluding carboxylic acids is 3. The Morgan fingerprint density at radius 1 is 0.974 bits per heavy atom. The molecule has 8 nitrogen and oxygen atoms in total. The minimum absolute atomic E-state index is 0.0823. The van der Waals surface area contributed by atoms with Crippen LogP contribution in [0.3, 0.4) is 0 Å². The first-order valence-corrected chi connectivity index (χ1v) is 14.4. The van der Waals surface area contributed by atoms with Gasteiger partial charge in [0.15, 0.2) is 0 Å². The number of amides is 3. The van der Waals surface area contributed by atoms with E-state index in [4.69, 9.17) is 0 Å². The molecular formula is C28H32FN3O5S. The van der Waals surface area contributed by atoms with E-state index in [1.165, 1.54) is 21.3 Å². The SMILES string of the molecule is CC(C)(C)c1ccc(S(=O)(=O)N2CCC(c3cc(F)cc4c3CN(C3CCC(=O)NC3=O)C4=O)CC2)cc1. The molecule has 2 aromatic rings. The molecule has 3 aliphatic heterocycles. The zero-order valence-electron chi connectivity index (χ0n) is 21.8. The summed E-state index contributed by atoms with van der Waals surface area (Å²) >= 11 is 0. The molecule has 0 bridgehead atoms. The Kier molecular flexibility index (Phi) is 6.67. The third-order valence-corrected chi connectivity index (χ3v) is 9.82. The van der Waals surface area contributed by atoms with Gasteiger partial charge in [-0.2, -0.15) is 4.31 Å². The van der Waals surface area contributed by atoms with Gasteiger partial charge in [0, 0.05) is 31.6 Å². The van der Waals surface area contributed by atoms with Crippen molar-refractivity contribution in [1.29, 1.82) is 0 Å². The normalized spacial score (nSPS) is 21.5. The second-order valence-corrected chi connectivity index (χ2v) is 13.3. The van der Waals surface area contributed by atoms with E-state index < -0.39 is 33.7 Å². The molecule has 38 heavy (non-hydrogen) atoms. The average molecular weight is 542 g/mol. The van der Waals surface area contributed by atoms with E-state index in [9.17, 15) is 27.2 Å². The van der Waals surface area contributed by atoms with Crippen LogP contribution in [0.1, 0.15) is 79.4 Å². The van der Waals surface area contributed by atoms with E-state index >= 15 is 0 Å². The van der Waals surface area contributed by atoms with Crippen LogP contribution in [0.5, 0.6) is 0 Å². The zero-order valence-corrected chi connectivity index (χ0v) is 22.6. The smallest absolute Gasteiger partial charge is 0.255 e. The molecule has 0 spiro atoms. The van der Waals surface area contributed by atoms with Gasteiger partial charge in [-0.05, 0) is 71.6 Å². The Morgan fingerprint density at radius 2 is 1.63 bits per heavy atom. The third kappa shape index (κ3) is 4.75. The summed E-state index contributed by atoms with van der Waals surface area (Å²) in [6, 6.07) is 8.85. The van der Waals surface area contributed by atoms with Gasteiger partial charge < -0.3 is 4.90 Å². The van der Waals surface area contributed by atoms with Crippen LogP contribution in [0, 0.1) is 5.82 Å². The Bertz CT molecular complexity index is 1410. The number of nitrogens with zero attached hydrogens (tertiary/aromatic N) is 2. The molecule has 3 amide bonds. The van der Waals surface area contributed by atoms with E-state index in [0.717, 1.165) is 5.56 Å². The van der Waals surface area contributed by atoms with Crippen molar-refractivity contribution in [2.75, 3.05) is 13.1 Å². The van der Waals surface area contributed by atoms with Crippen LogP contribution in [0.25, 0.3) is 0 Å². The molecule has 0 aromatic heterocycles. The molecule has 10 heteroatoms. The van der Waals surface area contributed by atoms with E-state index in [1.54, 1.807) is 12.1 Å². The maximum absolute atomic E-state index is 14.7. The van der Waals surface area contributed by atoms with Crippen LogP contribution < -0.4 is 5.32 Å². The third-order valence-electron chi connectivity index (χ3n) is 7.91. The van der Waals surface area contributed by atoms with Gasteiger partial charge in [-0.15, -0.1) is 0 Å². The zero-order chi connectivity index (χ0) is 27.4. The van der Waals surface area contributed by atoms with Crippen LogP contribution in [0.2, 0.25) is 0 Å². The van der Waals surface area contributed by atoms with Gasteiger partial charge in [0.25, 0.3) is 5.91 Å². The summed E-state index contributed by atoms with van der Waals surface area (Å²) in [6.07, 6.45) is 1.35. The molecule has 0 aliphatic carbocycles. The summed E-state index contributed by atoms with van der Waals surface area (Å²) in [5.74, 6) is -1.96. The second-order valence-electron chi connectivity index (χ2n) is 11.4. The molecule has 0 saturated carbocycles. The van der Waals surface area contributed by atoms with Gasteiger partial charge >= 0.3 is 0 Å². The molecule has 3 aliphatic rings. The molecule has 202 valence electrons. The minimum atomic E-state index is -3.67. The fourth-order valence-electron chi connectivity index (χ4n) is 5.70. The van der Waals surface area contributed by atoms with Crippen molar-refractivity contribution in [3.8, 4) is 0 Å². The monoisotopic (exact) mass is 541 g/mol. The van der Waals surface area contributed by atoms with Gasteiger partial charge in [0.2, 0.25) is 21.8 Å². The van der Waals surface area contributed by atoms with Crippen molar-refractivity contribution in [1.82, 2.24) is 14.5 Å². The second kappa shape index (κ2) is 9.57. The number of nitrogens with one attached hydrogen (secondary N) is 1. The van der Waals surface area contributed by atoms with Crippen LogP contribution in [0.15, 0.2) is 41.3 Å². The lowest BCUT2D eigenvalue weighted by Gasteiger charge is -2.32. The largest absolute Gasteiger partial charge is 0.322 e. The lowest BCUT2D eigenvalue weighted by atomic mass is 9.86. The first-order valence-electron chi connectivity index (χ1n) is 12.9. The number of rotatable bonds is 4. The number of fused-ring (bicyclic) bond motifs is 1. The average Bonchev–Trinajstić information content (AvgIpc) is 3.19. The maximum atomic E-state index is 14.7. The highest BCUT2D eigenvalue weighted by Gasteiger charge is 2.41. The van der Waals surface area contributed by atoms with E-state index in [0.29, 0.717) is 24.0 Å². The molecule has 2 aromatic carbocycles. The molecule has 2 fully saturated rings. The predicted molar refractivity (Wildman–Crippen MR) is 138 cm³/mol. The lowest BCUT2D eigenvalue weighted by Crippen LogP contribution is -2.52. The number of sulfonamides is 1. The van der Waals surface area contributed by atoms with Crippen molar-refractivity contribution in [2.45, 2.75) is 75.3 Å². The van der Waals surface area contributed by atoms with E-state index in [2.05, 4.69) is 26.1 Å². The molecule has 0 radical (unpaired) electrons. The minimum Gasteiger partial charge on any atom is -0.322 e. The van der Waals surface area contributed by atoms with Crippen molar-refractivity contribution >= 4 is 27.7 Å². The van der Waals surface area contributed by atoms with Crippen LogP contribution in [-0.4, -0.2) is 54.5 Å². The molecule has 5 rings (SSSR count). The number of benzene rings is 2. The molecule has 1 N–H and O–H groups in total. The molecular weight excluding hydrogens is 509 g/mol. The van der Waals surface area contributed by atoms with Gasteiger partial charge in [0.05, 0.1) is 4.90 Å². The molecule has 3 heterocycles. The van der Waals surface area contributed by atoms with Gasteiger partial charge in [-0.1, -0.05) is 32.9 Å². The first-order chi connectivity index (χ1) is 17.9. The maximum Gasteiger partial charge on any atom is 0.255 e. The van der Waals surface area contributed by atoms with Crippen molar-refractivity contribution in [3.05, 3.63) is 64.5 Å². The number of halogens is 1. The number of hydrogen-bond acceptors (Lipinski definition) is 5. The summed E-state index contributed by atoms with van der Waals surface area (Å²) in [7, 11) is -3.67. The number of hydrogen-bond donors (Lipinski definition) is 1. The van der Waals surface area contributed by atoms with Crippen LogP contribution in [-0.2, 0) is 31.6 Å². The van der Waals surface area contributed by atoms with Gasteiger partial charge in [-0.25, -0.2) is 12.8 Å². The van der Waals surface area contributed by atoms with Crippen molar-refractivity contribution in [2.24, 2.45) is 0 Å². The summed E-state index contributed by atoms with van der Waals surface area (Å²) < 4.78 is 42.7. The Hall–Kier alpha value is -3.11.